The molecule has 0 radical (unpaired) electrons. The maximum Gasteiger partial charge on any atom is 0.211 e. The Morgan fingerprint density at radius 3 is 2.71 bits per heavy atom. The topological polar surface area (TPSA) is 58.6 Å². The van der Waals surface area contributed by atoms with Gasteiger partial charge >= 0.3 is 0 Å². The molecule has 0 unspecified atom stereocenters. The van der Waals surface area contributed by atoms with Crippen LogP contribution >= 0.6 is 0 Å². The quantitative estimate of drug-likeness (QED) is 0.785. The molecular weight excluding hydrogens is 240 g/mol. The van der Waals surface area contributed by atoms with Gasteiger partial charge in [-0.2, -0.15) is 4.31 Å². The molecule has 1 atom stereocenters. The van der Waals surface area contributed by atoms with Gasteiger partial charge in [0.1, 0.15) is 0 Å². The molecule has 0 amide bonds. The number of ether oxygens (including phenoxy) is 1. The number of nitrogens with one attached hydrogen (secondary N) is 1. The fourth-order valence-corrected chi connectivity index (χ4v) is 3.39. The molecule has 0 spiro atoms. The van der Waals surface area contributed by atoms with Gasteiger partial charge < -0.3 is 10.1 Å². The minimum atomic E-state index is -3.07. The Balaban J connectivity index is 1.77. The lowest BCUT2D eigenvalue weighted by Crippen LogP contribution is -2.49. The second kappa shape index (κ2) is 5.65. The molecular formula is C11H22N2O3S. The highest BCUT2D eigenvalue weighted by Gasteiger charge is 2.27. The van der Waals surface area contributed by atoms with Crippen molar-refractivity contribution in [3.63, 3.8) is 0 Å². The van der Waals surface area contributed by atoms with Crippen LogP contribution < -0.4 is 5.32 Å². The summed E-state index contributed by atoms with van der Waals surface area (Å²) < 4.78 is 30.0. The predicted molar refractivity (Wildman–Crippen MR) is 66.4 cm³/mol. The molecule has 100 valence electrons. The van der Waals surface area contributed by atoms with Crippen LogP contribution in [0.2, 0.25) is 0 Å². The zero-order valence-electron chi connectivity index (χ0n) is 10.4. The van der Waals surface area contributed by atoms with Crippen LogP contribution in [-0.2, 0) is 14.8 Å². The second-order valence-corrected chi connectivity index (χ2v) is 6.99. The van der Waals surface area contributed by atoms with Crippen LogP contribution in [0.1, 0.15) is 25.7 Å². The number of rotatable bonds is 4. The van der Waals surface area contributed by atoms with Crippen molar-refractivity contribution in [2.75, 3.05) is 32.5 Å². The number of morpholine rings is 1. The zero-order valence-corrected chi connectivity index (χ0v) is 11.2. The van der Waals surface area contributed by atoms with Crippen molar-refractivity contribution in [3.8, 4) is 0 Å². The fraction of sp³-hybridized carbons (Fsp3) is 1.00. The van der Waals surface area contributed by atoms with E-state index in [9.17, 15) is 8.42 Å². The first kappa shape index (κ1) is 13.3. The van der Waals surface area contributed by atoms with Gasteiger partial charge in [0.2, 0.25) is 10.0 Å². The van der Waals surface area contributed by atoms with Crippen molar-refractivity contribution >= 4 is 10.0 Å². The van der Waals surface area contributed by atoms with Crippen molar-refractivity contribution in [1.29, 1.82) is 0 Å². The monoisotopic (exact) mass is 262 g/mol. The van der Waals surface area contributed by atoms with Gasteiger partial charge in [0.25, 0.3) is 0 Å². The van der Waals surface area contributed by atoms with E-state index in [1.165, 1.54) is 36.2 Å². The molecule has 0 aromatic heterocycles. The van der Waals surface area contributed by atoms with Crippen LogP contribution in [0, 0.1) is 0 Å². The smallest absolute Gasteiger partial charge is 0.211 e. The van der Waals surface area contributed by atoms with Crippen LogP contribution in [0.15, 0.2) is 0 Å². The summed E-state index contributed by atoms with van der Waals surface area (Å²) in [5.74, 6) is 0. The van der Waals surface area contributed by atoms with Crippen LogP contribution in [0.5, 0.6) is 0 Å². The van der Waals surface area contributed by atoms with E-state index in [0.29, 0.717) is 25.7 Å². The van der Waals surface area contributed by atoms with E-state index in [4.69, 9.17) is 4.74 Å². The SMILES string of the molecule is CS(=O)(=O)N1CCO[C@H](CNC2CCCC2)C1. The predicted octanol–water partition coefficient (Wildman–Crippen LogP) is 0.179. The Morgan fingerprint density at radius 2 is 2.06 bits per heavy atom. The average molecular weight is 262 g/mol. The van der Waals surface area contributed by atoms with Gasteiger partial charge in [-0.05, 0) is 12.8 Å². The summed E-state index contributed by atoms with van der Waals surface area (Å²) in [7, 11) is -3.07. The molecule has 0 bridgehead atoms. The molecule has 2 fully saturated rings. The van der Waals surface area contributed by atoms with Crippen molar-refractivity contribution < 1.29 is 13.2 Å². The standard InChI is InChI=1S/C11H22N2O3S/c1-17(14,15)13-6-7-16-11(9-13)8-12-10-4-2-3-5-10/h10-12H,2-9H2,1H3/t11-/m1/s1. The molecule has 1 saturated heterocycles. The molecule has 1 aliphatic carbocycles. The summed E-state index contributed by atoms with van der Waals surface area (Å²) in [6.07, 6.45) is 6.35. The molecule has 17 heavy (non-hydrogen) atoms. The maximum absolute atomic E-state index is 11.4. The highest BCUT2D eigenvalue weighted by molar-refractivity contribution is 7.88. The van der Waals surface area contributed by atoms with E-state index in [1.54, 1.807) is 0 Å². The van der Waals surface area contributed by atoms with Crippen LogP contribution in [0.25, 0.3) is 0 Å². The molecule has 5 nitrogen and oxygen atoms in total. The van der Waals surface area contributed by atoms with Gasteiger partial charge in [-0.3, -0.25) is 0 Å². The Hall–Kier alpha value is -0.170. The van der Waals surface area contributed by atoms with Gasteiger partial charge in [-0.1, -0.05) is 12.8 Å². The first-order chi connectivity index (χ1) is 8.05. The molecule has 2 rings (SSSR count). The summed E-state index contributed by atoms with van der Waals surface area (Å²) in [5.41, 5.74) is 0. The highest BCUT2D eigenvalue weighted by atomic mass is 32.2. The Bertz CT molecular complexity index is 339. The third kappa shape index (κ3) is 3.91. The minimum Gasteiger partial charge on any atom is -0.374 e. The largest absolute Gasteiger partial charge is 0.374 e. The molecule has 0 aromatic rings. The number of hydrogen-bond donors (Lipinski definition) is 1. The normalized spacial score (nSPS) is 28.6. The number of nitrogens with zero attached hydrogens (tertiary/aromatic N) is 1. The van der Waals surface area contributed by atoms with Crippen molar-refractivity contribution in [1.82, 2.24) is 9.62 Å². The maximum atomic E-state index is 11.4. The van der Waals surface area contributed by atoms with Crippen LogP contribution in [0.3, 0.4) is 0 Å². The van der Waals surface area contributed by atoms with Gasteiger partial charge in [0, 0.05) is 25.7 Å². The van der Waals surface area contributed by atoms with E-state index in [0.717, 1.165) is 6.54 Å². The van der Waals surface area contributed by atoms with Gasteiger partial charge in [0.05, 0.1) is 19.0 Å². The van der Waals surface area contributed by atoms with E-state index in [-0.39, 0.29) is 6.10 Å². The zero-order chi connectivity index (χ0) is 12.3. The molecule has 1 N–H and O–H groups in total. The van der Waals surface area contributed by atoms with Crippen molar-refractivity contribution in [2.24, 2.45) is 0 Å². The number of hydrogen-bond acceptors (Lipinski definition) is 4. The lowest BCUT2D eigenvalue weighted by atomic mass is 10.2. The van der Waals surface area contributed by atoms with Crippen LogP contribution in [-0.4, -0.2) is 57.4 Å². The summed E-state index contributed by atoms with van der Waals surface area (Å²) in [5, 5.41) is 3.48. The van der Waals surface area contributed by atoms with Crippen molar-refractivity contribution in [3.05, 3.63) is 0 Å². The molecule has 2 aliphatic rings. The van der Waals surface area contributed by atoms with Gasteiger partial charge in [0.15, 0.2) is 0 Å². The summed E-state index contributed by atoms with van der Waals surface area (Å²) in [4.78, 5) is 0. The molecule has 1 saturated carbocycles. The Labute approximate surface area is 104 Å². The van der Waals surface area contributed by atoms with E-state index >= 15 is 0 Å². The molecule has 1 aliphatic heterocycles. The van der Waals surface area contributed by atoms with Gasteiger partial charge in [-0.25, -0.2) is 8.42 Å². The van der Waals surface area contributed by atoms with E-state index in [1.807, 2.05) is 0 Å². The number of sulfonamides is 1. The van der Waals surface area contributed by atoms with Crippen LogP contribution in [0.4, 0.5) is 0 Å². The fourth-order valence-electron chi connectivity index (χ4n) is 2.55. The summed E-state index contributed by atoms with van der Waals surface area (Å²) in [6.45, 7) is 2.23. The Morgan fingerprint density at radius 1 is 1.35 bits per heavy atom. The lowest BCUT2D eigenvalue weighted by molar-refractivity contribution is -0.00121. The first-order valence-corrected chi connectivity index (χ1v) is 8.20. The molecule has 6 heteroatoms. The Kier molecular flexibility index (Phi) is 4.41. The van der Waals surface area contributed by atoms with E-state index in [2.05, 4.69) is 5.32 Å². The first-order valence-electron chi connectivity index (χ1n) is 6.36. The average Bonchev–Trinajstić information content (AvgIpc) is 2.78. The summed E-state index contributed by atoms with van der Waals surface area (Å²) in [6, 6.07) is 0.604. The van der Waals surface area contributed by atoms with Crippen molar-refractivity contribution in [2.45, 2.75) is 37.8 Å². The third-order valence-corrected chi connectivity index (χ3v) is 4.83. The summed E-state index contributed by atoms with van der Waals surface area (Å²) >= 11 is 0. The van der Waals surface area contributed by atoms with E-state index < -0.39 is 10.0 Å². The molecule has 0 aromatic carbocycles. The lowest BCUT2D eigenvalue weighted by Gasteiger charge is -2.32. The second-order valence-electron chi connectivity index (χ2n) is 5.00. The highest BCUT2D eigenvalue weighted by Crippen LogP contribution is 2.18. The third-order valence-electron chi connectivity index (χ3n) is 3.56. The van der Waals surface area contributed by atoms with Gasteiger partial charge in [-0.15, -0.1) is 0 Å². The molecule has 1 heterocycles. The minimum absolute atomic E-state index is 0.000856.